The fourth-order valence-corrected chi connectivity index (χ4v) is 5.93. The normalized spacial score (nSPS) is 11.3. The third kappa shape index (κ3) is 7.78. The van der Waals surface area contributed by atoms with Gasteiger partial charge in [0.15, 0.2) is 0 Å². The SMILES string of the molecule is COc1ccc(OCCOc2ccc(OC)c(NS(=O)(=O)c3ccc([N+](=O)[O-])cc3)c2)c(NS(=O)(=O)c2ccc(N)cc2)c1. The van der Waals surface area contributed by atoms with Crippen LogP contribution in [0.25, 0.3) is 0 Å². The van der Waals surface area contributed by atoms with Crippen LogP contribution in [-0.4, -0.2) is 49.2 Å². The molecule has 0 spiro atoms. The molecule has 0 saturated heterocycles. The van der Waals surface area contributed by atoms with Crippen molar-refractivity contribution in [3.8, 4) is 23.0 Å². The van der Waals surface area contributed by atoms with Gasteiger partial charge in [0.05, 0.1) is 40.3 Å². The third-order valence-corrected chi connectivity index (χ3v) is 8.77. The molecule has 0 fully saturated rings. The molecule has 4 rings (SSSR count). The average molecular weight is 645 g/mol. The van der Waals surface area contributed by atoms with Gasteiger partial charge in [-0.1, -0.05) is 0 Å². The van der Waals surface area contributed by atoms with Crippen LogP contribution in [0.5, 0.6) is 23.0 Å². The third-order valence-electron chi connectivity index (χ3n) is 6.00. The van der Waals surface area contributed by atoms with Crippen molar-refractivity contribution in [2.24, 2.45) is 0 Å². The van der Waals surface area contributed by atoms with E-state index in [-0.39, 0.29) is 57.3 Å². The highest BCUT2D eigenvalue weighted by molar-refractivity contribution is 7.93. The van der Waals surface area contributed by atoms with Crippen molar-refractivity contribution in [2.75, 3.05) is 42.6 Å². The average Bonchev–Trinajstić information content (AvgIpc) is 3.00. The van der Waals surface area contributed by atoms with Crippen molar-refractivity contribution in [2.45, 2.75) is 9.79 Å². The predicted molar refractivity (Wildman–Crippen MR) is 163 cm³/mol. The summed E-state index contributed by atoms with van der Waals surface area (Å²) < 4.78 is 78.6. The maximum atomic E-state index is 12.9. The summed E-state index contributed by atoms with van der Waals surface area (Å²) >= 11 is 0. The largest absolute Gasteiger partial charge is 0.497 e. The van der Waals surface area contributed by atoms with Crippen molar-refractivity contribution < 1.29 is 40.7 Å². The van der Waals surface area contributed by atoms with Crippen LogP contribution in [0.4, 0.5) is 22.7 Å². The summed E-state index contributed by atoms with van der Waals surface area (Å²) in [6, 6.07) is 19.2. The van der Waals surface area contributed by atoms with E-state index in [0.29, 0.717) is 11.4 Å². The van der Waals surface area contributed by atoms with Crippen LogP contribution in [0, 0.1) is 10.1 Å². The Morgan fingerprint density at radius 1 is 0.682 bits per heavy atom. The second-order valence-electron chi connectivity index (χ2n) is 8.95. The molecule has 0 aromatic heterocycles. The second-order valence-corrected chi connectivity index (χ2v) is 12.3. The Morgan fingerprint density at radius 2 is 1.18 bits per heavy atom. The fourth-order valence-electron chi connectivity index (χ4n) is 3.81. The fraction of sp³-hybridized carbons (Fsp3) is 0.143. The van der Waals surface area contributed by atoms with Crippen LogP contribution in [0.15, 0.2) is 94.7 Å². The number of non-ortho nitro benzene ring substituents is 1. The molecule has 4 N–H and O–H groups in total. The highest BCUT2D eigenvalue weighted by Crippen LogP contribution is 2.33. The first-order chi connectivity index (χ1) is 20.9. The number of benzene rings is 4. The molecule has 16 heteroatoms. The number of nitrogens with zero attached hydrogens (tertiary/aromatic N) is 1. The minimum atomic E-state index is -4.12. The molecule has 0 amide bonds. The quantitative estimate of drug-likeness (QED) is 0.0767. The molecule has 0 aliphatic rings. The summed E-state index contributed by atoms with van der Waals surface area (Å²) in [4.78, 5) is 10.1. The zero-order valence-electron chi connectivity index (χ0n) is 23.4. The van der Waals surface area contributed by atoms with Crippen LogP contribution < -0.4 is 34.1 Å². The van der Waals surface area contributed by atoms with E-state index in [1.165, 1.54) is 62.8 Å². The van der Waals surface area contributed by atoms with Crippen LogP contribution in [0.3, 0.4) is 0 Å². The number of nitrogen functional groups attached to an aromatic ring is 1. The number of sulfonamides is 2. The van der Waals surface area contributed by atoms with Gasteiger partial charge in [0, 0.05) is 30.0 Å². The molecule has 0 atom stereocenters. The molecule has 0 bridgehead atoms. The number of hydrogen-bond acceptors (Lipinski definition) is 11. The first-order valence-corrected chi connectivity index (χ1v) is 15.7. The molecule has 0 radical (unpaired) electrons. The summed E-state index contributed by atoms with van der Waals surface area (Å²) in [5.74, 6) is 1.08. The lowest BCUT2D eigenvalue weighted by atomic mass is 10.3. The smallest absolute Gasteiger partial charge is 0.269 e. The van der Waals surface area contributed by atoms with Gasteiger partial charge in [-0.15, -0.1) is 0 Å². The number of ether oxygens (including phenoxy) is 4. The van der Waals surface area contributed by atoms with Gasteiger partial charge in [0.25, 0.3) is 25.7 Å². The summed E-state index contributed by atoms with van der Waals surface area (Å²) in [6.45, 7) is -0.0180. The molecule has 4 aromatic carbocycles. The lowest BCUT2D eigenvalue weighted by Crippen LogP contribution is -2.15. The van der Waals surface area contributed by atoms with Crippen LogP contribution >= 0.6 is 0 Å². The molecule has 0 aliphatic heterocycles. The van der Waals surface area contributed by atoms with E-state index >= 15 is 0 Å². The van der Waals surface area contributed by atoms with E-state index in [0.717, 1.165) is 24.3 Å². The van der Waals surface area contributed by atoms with Crippen molar-refractivity contribution >= 4 is 42.8 Å². The number of nitro groups is 1. The number of methoxy groups -OCH3 is 2. The molecule has 4 aromatic rings. The van der Waals surface area contributed by atoms with Gasteiger partial charge in [-0.05, 0) is 60.7 Å². The van der Waals surface area contributed by atoms with Crippen LogP contribution in [0.2, 0.25) is 0 Å². The summed E-state index contributed by atoms with van der Waals surface area (Å²) in [5.41, 5.74) is 6.03. The van der Waals surface area contributed by atoms with Gasteiger partial charge in [-0.25, -0.2) is 16.8 Å². The van der Waals surface area contributed by atoms with Gasteiger partial charge in [-0.2, -0.15) is 0 Å². The number of nitrogens with two attached hydrogens (primary N) is 1. The number of hydrogen-bond donors (Lipinski definition) is 3. The molecule has 44 heavy (non-hydrogen) atoms. The van der Waals surface area contributed by atoms with Crippen LogP contribution in [0.1, 0.15) is 0 Å². The molecule has 0 unspecified atom stereocenters. The minimum Gasteiger partial charge on any atom is -0.497 e. The highest BCUT2D eigenvalue weighted by Gasteiger charge is 2.20. The van der Waals surface area contributed by atoms with Crippen molar-refractivity contribution in [1.82, 2.24) is 0 Å². The molecule has 0 saturated carbocycles. The summed E-state index contributed by atoms with van der Waals surface area (Å²) in [5, 5.41) is 10.9. The topological polar surface area (TPSA) is 198 Å². The number of anilines is 3. The van der Waals surface area contributed by atoms with E-state index < -0.39 is 25.0 Å². The van der Waals surface area contributed by atoms with E-state index in [9.17, 15) is 26.9 Å². The van der Waals surface area contributed by atoms with Crippen molar-refractivity contribution in [3.05, 3.63) is 95.0 Å². The van der Waals surface area contributed by atoms with Gasteiger partial charge < -0.3 is 24.7 Å². The van der Waals surface area contributed by atoms with Gasteiger partial charge in [0.1, 0.15) is 36.2 Å². The molecule has 14 nitrogen and oxygen atoms in total. The molecular weight excluding hydrogens is 616 g/mol. The maximum Gasteiger partial charge on any atom is 0.269 e. The van der Waals surface area contributed by atoms with Crippen LogP contribution in [-0.2, 0) is 20.0 Å². The highest BCUT2D eigenvalue weighted by atomic mass is 32.2. The summed E-state index contributed by atoms with van der Waals surface area (Å²) in [6.07, 6.45) is 0. The predicted octanol–water partition coefficient (Wildman–Crippen LogP) is 4.25. The minimum absolute atomic E-state index is 0.00292. The van der Waals surface area contributed by atoms with Gasteiger partial charge in [-0.3, -0.25) is 19.6 Å². The Morgan fingerprint density at radius 3 is 1.75 bits per heavy atom. The van der Waals surface area contributed by atoms with E-state index in [4.69, 9.17) is 24.7 Å². The molecule has 0 heterocycles. The van der Waals surface area contributed by atoms with E-state index in [1.54, 1.807) is 12.1 Å². The zero-order valence-corrected chi connectivity index (χ0v) is 25.1. The Kier molecular flexibility index (Phi) is 9.65. The number of nitrogens with one attached hydrogen (secondary N) is 2. The first kappa shape index (κ1) is 31.7. The van der Waals surface area contributed by atoms with E-state index in [1.807, 2.05) is 0 Å². The molecule has 0 aliphatic carbocycles. The van der Waals surface area contributed by atoms with Crippen molar-refractivity contribution in [1.29, 1.82) is 0 Å². The van der Waals surface area contributed by atoms with E-state index in [2.05, 4.69) is 9.44 Å². The lowest BCUT2D eigenvalue weighted by Gasteiger charge is -2.16. The summed E-state index contributed by atoms with van der Waals surface area (Å²) in [7, 11) is -5.29. The number of nitro benzene ring substituents is 1. The van der Waals surface area contributed by atoms with Crippen molar-refractivity contribution in [3.63, 3.8) is 0 Å². The second kappa shape index (κ2) is 13.4. The maximum absolute atomic E-state index is 12.9. The monoisotopic (exact) mass is 644 g/mol. The van der Waals surface area contributed by atoms with Gasteiger partial charge >= 0.3 is 0 Å². The Hall–Kier alpha value is -5.22. The zero-order chi connectivity index (χ0) is 31.9. The Bertz CT molecular complexity index is 1850. The Labute approximate surface area is 253 Å². The standard InChI is InChI=1S/C28H28N4O10S2/c1-39-21-7-14-28(26(17-21)31-43(35,36)23-9-3-19(29)4-10-23)42-16-15-41-22-8-13-27(40-2)25(18-22)30-44(37,38)24-11-5-20(6-12-24)32(33)34/h3-14,17-18,30-31H,15-16,29H2,1-2H3. The Balaban J connectivity index is 1.44. The lowest BCUT2D eigenvalue weighted by molar-refractivity contribution is -0.384. The van der Waals surface area contributed by atoms with Gasteiger partial charge in [0.2, 0.25) is 0 Å². The number of rotatable bonds is 14. The molecule has 232 valence electrons. The molecular formula is C28H28N4O10S2. The first-order valence-electron chi connectivity index (χ1n) is 12.7.